The van der Waals surface area contributed by atoms with Gasteiger partial charge in [-0.2, -0.15) is 0 Å². The Morgan fingerprint density at radius 3 is 2.60 bits per heavy atom. The van der Waals surface area contributed by atoms with Crippen LogP contribution in [-0.2, 0) is 6.32 Å². The van der Waals surface area contributed by atoms with Gasteiger partial charge in [-0.15, -0.1) is 0 Å². The summed E-state index contributed by atoms with van der Waals surface area (Å²) in [5, 5.41) is 17.6. The van der Waals surface area contributed by atoms with Crippen molar-refractivity contribution in [3.63, 3.8) is 0 Å². The van der Waals surface area contributed by atoms with Crippen LogP contribution in [-0.4, -0.2) is 22.9 Å². The number of carbonyl (C=O) groups is 1. The van der Waals surface area contributed by atoms with Crippen LogP contribution in [0.1, 0.15) is 29.8 Å². The lowest BCUT2D eigenvalue weighted by Gasteiger charge is -2.06. The summed E-state index contributed by atoms with van der Waals surface area (Å²) >= 11 is 0. The second kappa shape index (κ2) is 5.10. The molecule has 1 aromatic carbocycles. The van der Waals surface area contributed by atoms with Crippen molar-refractivity contribution in [3.05, 3.63) is 35.4 Å². The Morgan fingerprint density at radius 2 is 2.07 bits per heavy atom. The molecule has 0 aliphatic heterocycles. The molecule has 0 aliphatic rings. The highest BCUT2D eigenvalue weighted by Crippen LogP contribution is 2.11. The third-order valence-electron chi connectivity index (χ3n) is 2.15. The zero-order valence-corrected chi connectivity index (χ0v) is 8.97. The Labute approximate surface area is 89.9 Å². The molecule has 0 fully saturated rings. The van der Waals surface area contributed by atoms with E-state index in [1.807, 2.05) is 13.8 Å². The molecule has 80 valence electrons. The van der Waals surface area contributed by atoms with Crippen molar-refractivity contribution in [2.24, 2.45) is 5.92 Å². The number of benzene rings is 1. The number of rotatable bonds is 4. The number of carbonyl (C=O) groups excluding carboxylic acids is 1. The molecule has 3 nitrogen and oxygen atoms in total. The Balaban J connectivity index is 2.87. The molecule has 2 N–H and O–H groups in total. The second-order valence-corrected chi connectivity index (χ2v) is 3.90. The normalized spacial score (nSPS) is 10.5. The first-order valence-electron chi connectivity index (χ1n) is 5.00. The van der Waals surface area contributed by atoms with Crippen LogP contribution in [0.15, 0.2) is 24.3 Å². The van der Waals surface area contributed by atoms with Gasteiger partial charge < -0.3 is 10.0 Å². The highest BCUT2D eigenvalue weighted by atomic mass is 16.4. The Kier molecular flexibility index (Phi) is 4.06. The molecule has 0 aromatic heterocycles. The third-order valence-corrected chi connectivity index (χ3v) is 2.15. The minimum atomic E-state index is -1.37. The monoisotopic (exact) mass is 206 g/mol. The number of Topliss-reactive ketones (excluding diaryl/α,β-unsaturated/α-hetero) is 1. The molecular formula is C11H15BO3. The van der Waals surface area contributed by atoms with E-state index in [9.17, 15) is 4.79 Å². The van der Waals surface area contributed by atoms with Crippen molar-refractivity contribution in [1.82, 2.24) is 0 Å². The molecule has 0 amide bonds. The fourth-order valence-corrected chi connectivity index (χ4v) is 1.40. The van der Waals surface area contributed by atoms with Gasteiger partial charge in [0.1, 0.15) is 0 Å². The van der Waals surface area contributed by atoms with Gasteiger partial charge in [0, 0.05) is 17.8 Å². The topological polar surface area (TPSA) is 57.5 Å². The van der Waals surface area contributed by atoms with E-state index in [4.69, 9.17) is 10.0 Å². The Bertz CT molecular complexity index is 347. The summed E-state index contributed by atoms with van der Waals surface area (Å²) < 4.78 is 0. The summed E-state index contributed by atoms with van der Waals surface area (Å²) in [7, 11) is -1.37. The standard InChI is InChI=1S/C11H15BO3/c1-8(2)11(13)10-5-3-4-9(6-10)7-12(14)15/h3-6,8,14-15H,7H2,1-2H3. The zero-order chi connectivity index (χ0) is 11.4. The average molecular weight is 206 g/mol. The van der Waals surface area contributed by atoms with Gasteiger partial charge in [0.05, 0.1) is 0 Å². The molecule has 0 bridgehead atoms. The van der Waals surface area contributed by atoms with Crippen LogP contribution in [0.4, 0.5) is 0 Å². The van der Waals surface area contributed by atoms with Gasteiger partial charge in [-0.25, -0.2) is 0 Å². The molecule has 0 spiro atoms. The van der Waals surface area contributed by atoms with E-state index in [0.29, 0.717) is 5.56 Å². The number of hydrogen-bond acceptors (Lipinski definition) is 3. The van der Waals surface area contributed by atoms with E-state index in [1.54, 1.807) is 24.3 Å². The predicted octanol–water partition coefficient (Wildman–Crippen LogP) is 1.08. The lowest BCUT2D eigenvalue weighted by Crippen LogP contribution is -2.16. The largest absolute Gasteiger partial charge is 0.456 e. The summed E-state index contributed by atoms with van der Waals surface area (Å²) in [5.74, 6) is 0.0311. The van der Waals surface area contributed by atoms with Gasteiger partial charge in [0.2, 0.25) is 0 Å². The molecule has 0 saturated carbocycles. The van der Waals surface area contributed by atoms with Crippen molar-refractivity contribution >= 4 is 12.9 Å². The maximum Gasteiger partial charge on any atom is 0.456 e. The highest BCUT2D eigenvalue weighted by Gasteiger charge is 2.12. The molecule has 0 saturated heterocycles. The smallest absolute Gasteiger partial charge is 0.427 e. The van der Waals surface area contributed by atoms with E-state index >= 15 is 0 Å². The van der Waals surface area contributed by atoms with Crippen molar-refractivity contribution < 1.29 is 14.8 Å². The van der Waals surface area contributed by atoms with Crippen molar-refractivity contribution in [1.29, 1.82) is 0 Å². The Morgan fingerprint density at radius 1 is 1.40 bits per heavy atom. The number of hydrogen-bond donors (Lipinski definition) is 2. The molecule has 4 heteroatoms. The van der Waals surface area contributed by atoms with E-state index in [-0.39, 0.29) is 18.0 Å². The maximum atomic E-state index is 11.7. The summed E-state index contributed by atoms with van der Waals surface area (Å²) in [4.78, 5) is 11.7. The minimum Gasteiger partial charge on any atom is -0.427 e. The van der Waals surface area contributed by atoms with Crippen LogP contribution in [0.25, 0.3) is 0 Å². The van der Waals surface area contributed by atoms with Crippen molar-refractivity contribution in [2.45, 2.75) is 20.2 Å². The first-order chi connectivity index (χ1) is 7.00. The van der Waals surface area contributed by atoms with Crippen LogP contribution in [0, 0.1) is 5.92 Å². The van der Waals surface area contributed by atoms with Crippen molar-refractivity contribution in [2.75, 3.05) is 0 Å². The molecule has 1 aromatic rings. The van der Waals surface area contributed by atoms with Crippen LogP contribution in [0.3, 0.4) is 0 Å². The van der Waals surface area contributed by atoms with E-state index in [0.717, 1.165) is 5.56 Å². The SMILES string of the molecule is CC(C)C(=O)c1cccc(CB(O)O)c1. The summed E-state index contributed by atoms with van der Waals surface area (Å²) in [6, 6.07) is 6.99. The highest BCUT2D eigenvalue weighted by molar-refractivity contribution is 6.40. The van der Waals surface area contributed by atoms with Gasteiger partial charge >= 0.3 is 7.12 Å². The van der Waals surface area contributed by atoms with E-state index < -0.39 is 7.12 Å². The van der Waals surface area contributed by atoms with E-state index in [2.05, 4.69) is 0 Å². The zero-order valence-electron chi connectivity index (χ0n) is 8.97. The van der Waals surface area contributed by atoms with Crippen LogP contribution >= 0.6 is 0 Å². The molecule has 0 radical (unpaired) electrons. The first kappa shape index (κ1) is 11.9. The molecular weight excluding hydrogens is 191 g/mol. The average Bonchev–Trinajstić information content (AvgIpc) is 2.16. The molecule has 0 atom stereocenters. The Hall–Kier alpha value is -1.13. The predicted molar refractivity (Wildman–Crippen MR) is 59.5 cm³/mol. The van der Waals surface area contributed by atoms with E-state index in [1.165, 1.54) is 0 Å². The summed E-state index contributed by atoms with van der Waals surface area (Å²) in [6.07, 6.45) is 0.152. The fraction of sp³-hybridized carbons (Fsp3) is 0.364. The second-order valence-electron chi connectivity index (χ2n) is 3.90. The van der Waals surface area contributed by atoms with Crippen molar-refractivity contribution in [3.8, 4) is 0 Å². The summed E-state index contributed by atoms with van der Waals surface area (Å²) in [5.41, 5.74) is 1.39. The third kappa shape index (κ3) is 3.49. The van der Waals surface area contributed by atoms with Gasteiger partial charge in [0.25, 0.3) is 0 Å². The fourth-order valence-electron chi connectivity index (χ4n) is 1.40. The van der Waals surface area contributed by atoms with Gasteiger partial charge in [-0.3, -0.25) is 4.79 Å². The lowest BCUT2D eigenvalue weighted by molar-refractivity contribution is 0.0939. The summed E-state index contributed by atoms with van der Waals surface area (Å²) in [6.45, 7) is 3.69. The molecule has 0 unspecified atom stereocenters. The minimum absolute atomic E-state index is 0.0423. The van der Waals surface area contributed by atoms with Gasteiger partial charge in [-0.1, -0.05) is 32.0 Å². The molecule has 15 heavy (non-hydrogen) atoms. The van der Waals surface area contributed by atoms with Crippen LogP contribution in [0.5, 0.6) is 0 Å². The lowest BCUT2D eigenvalue weighted by atomic mass is 9.81. The first-order valence-corrected chi connectivity index (χ1v) is 5.00. The maximum absolute atomic E-state index is 11.7. The molecule has 1 rings (SSSR count). The van der Waals surface area contributed by atoms with Gasteiger partial charge in [-0.05, 0) is 11.6 Å². The van der Waals surface area contributed by atoms with Gasteiger partial charge in [0.15, 0.2) is 5.78 Å². The molecule has 0 heterocycles. The van der Waals surface area contributed by atoms with Crippen LogP contribution < -0.4 is 0 Å². The van der Waals surface area contributed by atoms with Crippen LogP contribution in [0.2, 0.25) is 0 Å². The number of ketones is 1. The quantitative estimate of drug-likeness (QED) is 0.572. The molecule has 0 aliphatic carbocycles.